The number of rotatable bonds is 2. The van der Waals surface area contributed by atoms with Gasteiger partial charge in [-0.25, -0.2) is 4.39 Å². The smallest absolute Gasteiger partial charge is 0.124 e. The summed E-state index contributed by atoms with van der Waals surface area (Å²) in [6.07, 6.45) is 2.38. The van der Waals surface area contributed by atoms with Crippen molar-refractivity contribution in [3.8, 4) is 0 Å². The van der Waals surface area contributed by atoms with Gasteiger partial charge in [-0.1, -0.05) is 0 Å². The lowest BCUT2D eigenvalue weighted by atomic mass is 10.1. The fraction of sp³-hybridized carbons (Fsp3) is 0.455. The van der Waals surface area contributed by atoms with Crippen molar-refractivity contribution in [2.45, 2.75) is 18.9 Å². The summed E-state index contributed by atoms with van der Waals surface area (Å²) in [6, 6.07) is 5.34. The van der Waals surface area contributed by atoms with Crippen LogP contribution in [0.15, 0.2) is 18.2 Å². The molecule has 1 aliphatic rings. The highest BCUT2D eigenvalue weighted by atomic mass is 127. The van der Waals surface area contributed by atoms with Gasteiger partial charge in [0.1, 0.15) is 5.82 Å². The highest BCUT2D eigenvalue weighted by Gasteiger charge is 2.13. The summed E-state index contributed by atoms with van der Waals surface area (Å²) >= 11 is 2.16. The standard InChI is InChI=1S/C11H14FIN2/c12-8-3-4-11(10(13)6-8)15-9-2-1-5-14-7-9/h3-4,6,9,14-15H,1-2,5,7H2. The molecule has 1 heterocycles. The minimum Gasteiger partial charge on any atom is -0.380 e. The van der Waals surface area contributed by atoms with Gasteiger partial charge < -0.3 is 10.6 Å². The number of halogens is 2. The van der Waals surface area contributed by atoms with E-state index in [1.807, 2.05) is 6.07 Å². The Bertz CT molecular complexity index is 337. The molecule has 2 N–H and O–H groups in total. The molecule has 15 heavy (non-hydrogen) atoms. The zero-order valence-electron chi connectivity index (χ0n) is 8.39. The van der Waals surface area contributed by atoms with Gasteiger partial charge in [-0.05, 0) is 60.2 Å². The van der Waals surface area contributed by atoms with Crippen molar-refractivity contribution in [3.63, 3.8) is 0 Å². The third-order valence-corrected chi connectivity index (χ3v) is 3.48. The van der Waals surface area contributed by atoms with Crippen LogP contribution in [0.3, 0.4) is 0 Å². The molecule has 1 unspecified atom stereocenters. The predicted octanol–water partition coefficient (Wildman–Crippen LogP) is 2.59. The molecule has 0 bridgehead atoms. The lowest BCUT2D eigenvalue weighted by Gasteiger charge is -2.25. The van der Waals surface area contributed by atoms with Crippen LogP contribution in [0.5, 0.6) is 0 Å². The van der Waals surface area contributed by atoms with Crippen LogP contribution in [0.25, 0.3) is 0 Å². The molecule has 0 saturated carbocycles. The van der Waals surface area contributed by atoms with Gasteiger partial charge in [0.15, 0.2) is 0 Å². The van der Waals surface area contributed by atoms with Gasteiger partial charge in [0.25, 0.3) is 0 Å². The lowest BCUT2D eigenvalue weighted by Crippen LogP contribution is -2.38. The average molecular weight is 320 g/mol. The SMILES string of the molecule is Fc1ccc(NC2CCCNC2)c(I)c1. The van der Waals surface area contributed by atoms with Gasteiger partial charge in [0.05, 0.1) is 0 Å². The Kier molecular flexibility index (Phi) is 3.80. The third kappa shape index (κ3) is 3.04. The summed E-state index contributed by atoms with van der Waals surface area (Å²) in [5.74, 6) is -0.174. The highest BCUT2D eigenvalue weighted by molar-refractivity contribution is 14.1. The second-order valence-electron chi connectivity index (χ2n) is 3.81. The summed E-state index contributed by atoms with van der Waals surface area (Å²) in [6.45, 7) is 2.10. The summed E-state index contributed by atoms with van der Waals surface area (Å²) < 4.78 is 13.8. The van der Waals surface area contributed by atoms with Gasteiger partial charge in [-0.2, -0.15) is 0 Å². The quantitative estimate of drug-likeness (QED) is 0.819. The molecule has 1 aromatic carbocycles. The Morgan fingerprint density at radius 3 is 3.00 bits per heavy atom. The third-order valence-electron chi connectivity index (χ3n) is 2.59. The Morgan fingerprint density at radius 2 is 2.33 bits per heavy atom. The molecule has 2 rings (SSSR count). The van der Waals surface area contributed by atoms with Crippen molar-refractivity contribution in [2.75, 3.05) is 18.4 Å². The summed E-state index contributed by atoms with van der Waals surface area (Å²) in [4.78, 5) is 0. The molecular weight excluding hydrogens is 306 g/mol. The summed E-state index contributed by atoms with van der Waals surface area (Å²) in [5.41, 5.74) is 1.03. The molecule has 0 aromatic heterocycles. The van der Waals surface area contributed by atoms with Crippen LogP contribution in [0.4, 0.5) is 10.1 Å². The van der Waals surface area contributed by atoms with Crippen molar-refractivity contribution in [2.24, 2.45) is 0 Å². The van der Waals surface area contributed by atoms with Crippen molar-refractivity contribution in [1.82, 2.24) is 5.32 Å². The largest absolute Gasteiger partial charge is 0.380 e. The minimum absolute atomic E-state index is 0.174. The molecule has 82 valence electrons. The molecule has 4 heteroatoms. The van der Waals surface area contributed by atoms with Crippen LogP contribution in [0, 0.1) is 9.39 Å². The first-order valence-corrected chi connectivity index (χ1v) is 6.26. The lowest BCUT2D eigenvalue weighted by molar-refractivity contribution is 0.479. The monoisotopic (exact) mass is 320 g/mol. The van der Waals surface area contributed by atoms with Gasteiger partial charge in [0.2, 0.25) is 0 Å². The molecule has 1 aliphatic heterocycles. The van der Waals surface area contributed by atoms with Gasteiger partial charge >= 0.3 is 0 Å². The van der Waals surface area contributed by atoms with Crippen molar-refractivity contribution in [3.05, 3.63) is 27.6 Å². The molecule has 1 fully saturated rings. The first kappa shape index (κ1) is 11.1. The molecule has 1 atom stereocenters. The number of benzene rings is 1. The Labute approximate surface area is 103 Å². The normalized spacial score (nSPS) is 21.3. The maximum absolute atomic E-state index is 12.9. The van der Waals surface area contributed by atoms with Crippen molar-refractivity contribution < 1.29 is 4.39 Å². The zero-order valence-corrected chi connectivity index (χ0v) is 10.6. The van der Waals surface area contributed by atoms with E-state index in [1.165, 1.54) is 18.9 Å². The Hall–Kier alpha value is -0.360. The van der Waals surface area contributed by atoms with E-state index in [2.05, 4.69) is 33.2 Å². The van der Waals surface area contributed by atoms with Gasteiger partial charge in [-0.3, -0.25) is 0 Å². The molecule has 0 amide bonds. The minimum atomic E-state index is -0.174. The molecule has 2 nitrogen and oxygen atoms in total. The van der Waals surface area contributed by atoms with Crippen LogP contribution in [-0.4, -0.2) is 19.1 Å². The maximum atomic E-state index is 12.9. The number of hydrogen-bond donors (Lipinski definition) is 2. The second-order valence-corrected chi connectivity index (χ2v) is 4.97. The van der Waals surface area contributed by atoms with Crippen LogP contribution >= 0.6 is 22.6 Å². The predicted molar refractivity (Wildman–Crippen MR) is 68.6 cm³/mol. The van der Waals surface area contributed by atoms with E-state index in [0.29, 0.717) is 6.04 Å². The van der Waals surface area contributed by atoms with E-state index in [1.54, 1.807) is 6.07 Å². The van der Waals surface area contributed by atoms with Crippen LogP contribution in [-0.2, 0) is 0 Å². The van der Waals surface area contributed by atoms with Crippen molar-refractivity contribution >= 4 is 28.3 Å². The fourth-order valence-electron chi connectivity index (χ4n) is 1.80. The average Bonchev–Trinajstić information content (AvgIpc) is 2.24. The molecule has 0 radical (unpaired) electrons. The van der Waals surface area contributed by atoms with Crippen LogP contribution in [0.2, 0.25) is 0 Å². The van der Waals surface area contributed by atoms with E-state index in [-0.39, 0.29) is 5.82 Å². The topological polar surface area (TPSA) is 24.1 Å². The van der Waals surface area contributed by atoms with E-state index in [4.69, 9.17) is 0 Å². The van der Waals surface area contributed by atoms with E-state index in [9.17, 15) is 4.39 Å². The fourth-order valence-corrected chi connectivity index (χ4v) is 2.43. The summed E-state index contributed by atoms with van der Waals surface area (Å²) in [5, 5.41) is 6.79. The molecule has 0 aliphatic carbocycles. The van der Waals surface area contributed by atoms with Crippen molar-refractivity contribution in [1.29, 1.82) is 0 Å². The number of piperidine rings is 1. The van der Waals surface area contributed by atoms with E-state index < -0.39 is 0 Å². The number of anilines is 1. The number of nitrogens with one attached hydrogen (secondary N) is 2. The Balaban J connectivity index is 2.03. The van der Waals surface area contributed by atoms with E-state index >= 15 is 0 Å². The van der Waals surface area contributed by atoms with Crippen LogP contribution in [0.1, 0.15) is 12.8 Å². The molecule has 1 saturated heterocycles. The van der Waals surface area contributed by atoms with Crippen LogP contribution < -0.4 is 10.6 Å². The summed E-state index contributed by atoms with van der Waals surface area (Å²) in [7, 11) is 0. The first-order chi connectivity index (χ1) is 7.25. The van der Waals surface area contributed by atoms with E-state index in [0.717, 1.165) is 22.3 Å². The molecule has 1 aromatic rings. The molecular formula is C11H14FIN2. The highest BCUT2D eigenvalue weighted by Crippen LogP contribution is 2.21. The number of hydrogen-bond acceptors (Lipinski definition) is 2. The second kappa shape index (κ2) is 5.12. The van der Waals surface area contributed by atoms with Gasteiger partial charge in [0, 0.05) is 21.8 Å². The zero-order chi connectivity index (χ0) is 10.7. The first-order valence-electron chi connectivity index (χ1n) is 5.18. The molecule has 0 spiro atoms. The Morgan fingerprint density at radius 1 is 1.47 bits per heavy atom. The maximum Gasteiger partial charge on any atom is 0.124 e. The van der Waals surface area contributed by atoms with Gasteiger partial charge in [-0.15, -0.1) is 0 Å².